The van der Waals surface area contributed by atoms with Gasteiger partial charge < -0.3 is 4.90 Å². The normalized spacial score (nSPS) is 9.62. The van der Waals surface area contributed by atoms with Crippen LogP contribution < -0.4 is 0 Å². The summed E-state index contributed by atoms with van der Waals surface area (Å²) >= 11 is 0. The first kappa shape index (κ1) is 12.2. The highest BCUT2D eigenvalue weighted by Gasteiger charge is 2.14. The Labute approximate surface area is 94.1 Å². The van der Waals surface area contributed by atoms with Crippen LogP contribution in [0.3, 0.4) is 0 Å². The van der Waals surface area contributed by atoms with Gasteiger partial charge in [0.1, 0.15) is 12.4 Å². The van der Waals surface area contributed by atoms with E-state index in [1.807, 2.05) is 6.07 Å². The summed E-state index contributed by atoms with van der Waals surface area (Å²) in [6, 6.07) is 6.07. The quantitative estimate of drug-likeness (QED) is 0.732. The van der Waals surface area contributed by atoms with Crippen molar-refractivity contribution in [3.05, 3.63) is 35.1 Å². The first-order valence-electron chi connectivity index (χ1n) is 5.02. The third-order valence-electron chi connectivity index (χ3n) is 2.22. The molecule has 0 saturated heterocycles. The highest BCUT2D eigenvalue weighted by molar-refractivity contribution is 5.94. The van der Waals surface area contributed by atoms with E-state index < -0.39 is 5.82 Å². The molecular weight excluding hydrogens is 207 g/mol. The lowest BCUT2D eigenvalue weighted by molar-refractivity contribution is 0.0783. The van der Waals surface area contributed by atoms with Crippen molar-refractivity contribution in [3.63, 3.8) is 0 Å². The molecule has 1 amide bonds. The summed E-state index contributed by atoms with van der Waals surface area (Å²) in [6.07, 6.45) is 0. The number of benzene rings is 1. The minimum atomic E-state index is -0.434. The molecule has 0 bridgehead atoms. The molecule has 0 radical (unpaired) electrons. The molecule has 0 N–H and O–H groups in total. The number of halogens is 1. The maximum atomic E-state index is 13.1. The zero-order valence-corrected chi connectivity index (χ0v) is 9.33. The largest absolute Gasteiger partial charge is 0.326 e. The van der Waals surface area contributed by atoms with Crippen LogP contribution in [0, 0.1) is 24.1 Å². The summed E-state index contributed by atoms with van der Waals surface area (Å²) in [6.45, 7) is 3.95. The Morgan fingerprint density at radius 3 is 2.69 bits per heavy atom. The third kappa shape index (κ3) is 2.80. The zero-order valence-electron chi connectivity index (χ0n) is 9.33. The number of carbonyl (C=O) groups excluding carboxylic acids is 1. The standard InChI is InChI=1S/C12H13FN2O/c1-3-15(5-4-14)12(16)10-6-9(2)7-11(13)8-10/h6-8H,3,5H2,1-2H3. The van der Waals surface area contributed by atoms with Gasteiger partial charge >= 0.3 is 0 Å². The molecule has 0 aliphatic carbocycles. The van der Waals surface area contributed by atoms with Crippen LogP contribution in [0.2, 0.25) is 0 Å². The van der Waals surface area contributed by atoms with Crippen molar-refractivity contribution in [2.75, 3.05) is 13.1 Å². The monoisotopic (exact) mass is 220 g/mol. The second-order valence-corrected chi connectivity index (χ2v) is 3.49. The van der Waals surface area contributed by atoms with Crippen molar-refractivity contribution in [1.29, 1.82) is 5.26 Å². The van der Waals surface area contributed by atoms with Crippen LogP contribution in [-0.4, -0.2) is 23.9 Å². The zero-order chi connectivity index (χ0) is 12.1. The van der Waals surface area contributed by atoms with E-state index in [1.165, 1.54) is 17.0 Å². The Morgan fingerprint density at radius 1 is 1.50 bits per heavy atom. The number of carbonyl (C=O) groups is 1. The van der Waals surface area contributed by atoms with Gasteiger partial charge in [-0.2, -0.15) is 5.26 Å². The fraction of sp³-hybridized carbons (Fsp3) is 0.333. The second-order valence-electron chi connectivity index (χ2n) is 3.49. The van der Waals surface area contributed by atoms with Gasteiger partial charge in [-0.1, -0.05) is 0 Å². The van der Waals surface area contributed by atoms with Crippen molar-refractivity contribution in [1.82, 2.24) is 4.90 Å². The maximum Gasteiger partial charge on any atom is 0.254 e. The van der Waals surface area contributed by atoms with Gasteiger partial charge in [0.05, 0.1) is 6.07 Å². The molecule has 0 unspecified atom stereocenters. The summed E-state index contributed by atoms with van der Waals surface area (Å²) in [7, 11) is 0. The van der Waals surface area contributed by atoms with E-state index in [0.717, 1.165) is 0 Å². The van der Waals surface area contributed by atoms with E-state index in [-0.39, 0.29) is 18.0 Å². The molecule has 0 heterocycles. The van der Waals surface area contributed by atoms with Crippen molar-refractivity contribution >= 4 is 5.91 Å². The van der Waals surface area contributed by atoms with E-state index in [1.54, 1.807) is 19.9 Å². The van der Waals surface area contributed by atoms with Crippen LogP contribution in [0.5, 0.6) is 0 Å². The summed E-state index contributed by atoms with van der Waals surface area (Å²) in [5.74, 6) is -0.747. The Balaban J connectivity index is 2.99. The van der Waals surface area contributed by atoms with Crippen LogP contribution in [0.15, 0.2) is 18.2 Å². The van der Waals surface area contributed by atoms with Crippen molar-refractivity contribution in [3.8, 4) is 6.07 Å². The number of rotatable bonds is 3. The molecular formula is C12H13FN2O. The highest BCUT2D eigenvalue weighted by Crippen LogP contribution is 2.10. The predicted molar refractivity (Wildman–Crippen MR) is 58.3 cm³/mol. The molecule has 1 rings (SSSR count). The Hall–Kier alpha value is -1.89. The number of hydrogen-bond donors (Lipinski definition) is 0. The minimum Gasteiger partial charge on any atom is -0.326 e. The maximum absolute atomic E-state index is 13.1. The summed E-state index contributed by atoms with van der Waals surface area (Å²) in [4.78, 5) is 13.2. The lowest BCUT2D eigenvalue weighted by Gasteiger charge is -2.17. The number of hydrogen-bond acceptors (Lipinski definition) is 2. The van der Waals surface area contributed by atoms with Gasteiger partial charge in [-0.25, -0.2) is 4.39 Å². The number of nitriles is 1. The second kappa shape index (κ2) is 5.26. The SMILES string of the molecule is CCN(CC#N)C(=O)c1cc(C)cc(F)c1. The number of nitrogens with zero attached hydrogens (tertiary/aromatic N) is 2. The molecule has 0 aliphatic rings. The molecule has 0 aromatic heterocycles. The average molecular weight is 220 g/mol. The average Bonchev–Trinajstić information content (AvgIpc) is 2.23. The van der Waals surface area contributed by atoms with Crippen LogP contribution in [-0.2, 0) is 0 Å². The number of aryl methyl sites for hydroxylation is 1. The van der Waals surface area contributed by atoms with E-state index in [4.69, 9.17) is 5.26 Å². The van der Waals surface area contributed by atoms with Crippen molar-refractivity contribution < 1.29 is 9.18 Å². The molecule has 0 aliphatic heterocycles. The lowest BCUT2D eigenvalue weighted by atomic mass is 10.1. The van der Waals surface area contributed by atoms with Crippen LogP contribution in [0.4, 0.5) is 4.39 Å². The van der Waals surface area contributed by atoms with Gasteiger partial charge in [0, 0.05) is 12.1 Å². The van der Waals surface area contributed by atoms with E-state index in [0.29, 0.717) is 12.1 Å². The van der Waals surface area contributed by atoms with Gasteiger partial charge in [0.15, 0.2) is 0 Å². The first-order chi connectivity index (χ1) is 7.58. The van der Waals surface area contributed by atoms with Gasteiger partial charge in [-0.05, 0) is 37.6 Å². The minimum absolute atomic E-state index is 0.0187. The van der Waals surface area contributed by atoms with Crippen molar-refractivity contribution in [2.45, 2.75) is 13.8 Å². The molecule has 0 atom stereocenters. The van der Waals surface area contributed by atoms with Gasteiger partial charge in [0.2, 0.25) is 0 Å². The molecule has 1 aromatic carbocycles. The fourth-order valence-corrected chi connectivity index (χ4v) is 1.45. The van der Waals surface area contributed by atoms with Gasteiger partial charge in [-0.3, -0.25) is 4.79 Å². The van der Waals surface area contributed by atoms with E-state index in [9.17, 15) is 9.18 Å². The molecule has 3 nitrogen and oxygen atoms in total. The molecule has 84 valence electrons. The third-order valence-corrected chi connectivity index (χ3v) is 2.22. The Bertz CT molecular complexity index is 417. The van der Waals surface area contributed by atoms with Gasteiger partial charge in [-0.15, -0.1) is 0 Å². The van der Waals surface area contributed by atoms with E-state index >= 15 is 0 Å². The molecule has 0 saturated carbocycles. The molecule has 0 fully saturated rings. The Morgan fingerprint density at radius 2 is 2.19 bits per heavy atom. The van der Waals surface area contributed by atoms with Crippen molar-refractivity contribution in [2.24, 2.45) is 0 Å². The first-order valence-corrected chi connectivity index (χ1v) is 5.02. The van der Waals surface area contributed by atoms with Crippen LogP contribution in [0.1, 0.15) is 22.8 Å². The topological polar surface area (TPSA) is 44.1 Å². The lowest BCUT2D eigenvalue weighted by Crippen LogP contribution is -2.31. The highest BCUT2D eigenvalue weighted by atomic mass is 19.1. The van der Waals surface area contributed by atoms with Crippen LogP contribution >= 0.6 is 0 Å². The molecule has 0 spiro atoms. The summed E-state index contributed by atoms with van der Waals surface area (Å²) < 4.78 is 13.1. The Kier molecular flexibility index (Phi) is 4.01. The summed E-state index contributed by atoms with van der Waals surface area (Å²) in [5, 5.41) is 8.55. The smallest absolute Gasteiger partial charge is 0.254 e. The number of amides is 1. The molecule has 4 heteroatoms. The predicted octanol–water partition coefficient (Wildman–Crippen LogP) is 2.12. The molecule has 16 heavy (non-hydrogen) atoms. The van der Waals surface area contributed by atoms with Gasteiger partial charge in [0.25, 0.3) is 5.91 Å². The van der Waals surface area contributed by atoms with Crippen LogP contribution in [0.25, 0.3) is 0 Å². The molecule has 1 aromatic rings. The van der Waals surface area contributed by atoms with E-state index in [2.05, 4.69) is 0 Å². The fourth-order valence-electron chi connectivity index (χ4n) is 1.45. The summed E-state index contributed by atoms with van der Waals surface area (Å²) in [5.41, 5.74) is 0.978.